The van der Waals surface area contributed by atoms with Gasteiger partial charge in [-0.25, -0.2) is 0 Å². The highest BCUT2D eigenvalue weighted by molar-refractivity contribution is 5.98. The first-order valence-corrected chi connectivity index (χ1v) is 8.91. The Hall–Kier alpha value is -3.35. The van der Waals surface area contributed by atoms with Gasteiger partial charge in [0.1, 0.15) is 6.67 Å². The molecule has 146 valence electrons. The molecule has 0 saturated heterocycles. The van der Waals surface area contributed by atoms with E-state index < -0.39 is 0 Å². The van der Waals surface area contributed by atoms with Crippen LogP contribution in [0, 0.1) is 6.92 Å². The fourth-order valence-corrected chi connectivity index (χ4v) is 2.64. The SMILES string of the molecule is C/C(=N\CN(C)c1nnc(-c2ccncc2)n1C)c1cccc(C)c1.C=NC. The Balaban J connectivity index is 0.000000878. The third-order valence-electron chi connectivity index (χ3n) is 4.09. The lowest BCUT2D eigenvalue weighted by Gasteiger charge is -2.16. The maximum atomic E-state index is 4.69. The second-order valence-corrected chi connectivity index (χ2v) is 6.39. The molecule has 1 aromatic carbocycles. The molecule has 0 spiro atoms. The molecule has 0 aliphatic heterocycles. The fraction of sp³-hybridized carbons (Fsp3) is 0.286. The summed E-state index contributed by atoms with van der Waals surface area (Å²) in [5, 5.41) is 8.61. The van der Waals surface area contributed by atoms with Crippen molar-refractivity contribution in [3.63, 3.8) is 0 Å². The number of aromatic nitrogens is 4. The molecule has 7 heteroatoms. The summed E-state index contributed by atoms with van der Waals surface area (Å²) in [6.07, 6.45) is 3.51. The molecule has 2 heterocycles. The molecule has 3 aromatic rings. The number of aliphatic imine (C=N–C) groups is 2. The lowest BCUT2D eigenvalue weighted by molar-refractivity contribution is 0.816. The molecular weight excluding hydrogens is 350 g/mol. The Morgan fingerprint density at radius 2 is 1.86 bits per heavy atom. The quantitative estimate of drug-likeness (QED) is 0.639. The standard InChI is InChI=1S/C19H22N6.C2H5N/c1-14-6-5-7-17(12-14)15(2)21-13-24(3)19-23-22-18(25(19)4)16-8-10-20-11-9-16;1-3-2/h5-12H,13H2,1-4H3;1H2,2H3/b21-15+;. The minimum atomic E-state index is 0.516. The van der Waals surface area contributed by atoms with E-state index in [1.165, 1.54) is 5.56 Å². The normalized spacial score (nSPS) is 10.8. The van der Waals surface area contributed by atoms with Crippen LogP contribution in [0.15, 0.2) is 58.8 Å². The van der Waals surface area contributed by atoms with E-state index in [4.69, 9.17) is 0 Å². The summed E-state index contributed by atoms with van der Waals surface area (Å²) in [5.74, 6) is 1.58. The van der Waals surface area contributed by atoms with Crippen LogP contribution in [-0.4, -0.2) is 52.9 Å². The van der Waals surface area contributed by atoms with Gasteiger partial charge < -0.3 is 9.89 Å². The number of anilines is 1. The molecule has 0 saturated carbocycles. The average Bonchev–Trinajstić information content (AvgIpc) is 3.08. The van der Waals surface area contributed by atoms with Crippen molar-refractivity contribution in [1.29, 1.82) is 0 Å². The Morgan fingerprint density at radius 1 is 1.18 bits per heavy atom. The summed E-state index contributed by atoms with van der Waals surface area (Å²) < 4.78 is 1.97. The molecule has 0 atom stereocenters. The van der Waals surface area contributed by atoms with Crippen LogP contribution >= 0.6 is 0 Å². The second-order valence-electron chi connectivity index (χ2n) is 6.39. The van der Waals surface area contributed by atoms with Gasteiger partial charge in [-0.1, -0.05) is 29.8 Å². The molecule has 0 radical (unpaired) electrons. The van der Waals surface area contributed by atoms with Crippen molar-refractivity contribution >= 4 is 18.4 Å². The van der Waals surface area contributed by atoms with Crippen LogP contribution in [0.4, 0.5) is 5.95 Å². The Bertz CT molecular complexity index is 929. The smallest absolute Gasteiger partial charge is 0.228 e. The number of benzene rings is 1. The van der Waals surface area contributed by atoms with Crippen LogP contribution in [0.25, 0.3) is 11.4 Å². The zero-order valence-corrected chi connectivity index (χ0v) is 17.2. The minimum absolute atomic E-state index is 0.516. The first-order chi connectivity index (χ1) is 13.5. The predicted octanol–water partition coefficient (Wildman–Crippen LogP) is 3.41. The first kappa shape index (κ1) is 21.0. The molecule has 0 fully saturated rings. The van der Waals surface area contributed by atoms with Gasteiger partial charge in [-0.3, -0.25) is 14.5 Å². The molecule has 28 heavy (non-hydrogen) atoms. The third-order valence-corrected chi connectivity index (χ3v) is 4.09. The van der Waals surface area contributed by atoms with Crippen LogP contribution in [0.5, 0.6) is 0 Å². The molecular formula is C21H27N7. The molecule has 0 bridgehead atoms. The maximum Gasteiger partial charge on any atom is 0.228 e. The molecule has 7 nitrogen and oxygen atoms in total. The fourth-order valence-electron chi connectivity index (χ4n) is 2.64. The lowest BCUT2D eigenvalue weighted by atomic mass is 10.1. The number of nitrogens with zero attached hydrogens (tertiary/aromatic N) is 7. The predicted molar refractivity (Wildman–Crippen MR) is 116 cm³/mol. The van der Waals surface area contributed by atoms with E-state index in [1.54, 1.807) is 19.4 Å². The van der Waals surface area contributed by atoms with Gasteiger partial charge in [0.15, 0.2) is 5.82 Å². The van der Waals surface area contributed by atoms with Gasteiger partial charge in [0.25, 0.3) is 0 Å². The van der Waals surface area contributed by atoms with Crippen LogP contribution in [0.3, 0.4) is 0 Å². The van der Waals surface area contributed by atoms with Crippen molar-refractivity contribution < 1.29 is 0 Å². The summed E-state index contributed by atoms with van der Waals surface area (Å²) in [5.41, 5.74) is 4.37. The van der Waals surface area contributed by atoms with E-state index >= 15 is 0 Å². The molecule has 0 unspecified atom stereocenters. The Labute approximate surface area is 166 Å². The van der Waals surface area contributed by atoms with Crippen LogP contribution in [0.2, 0.25) is 0 Å². The van der Waals surface area contributed by atoms with E-state index in [9.17, 15) is 0 Å². The van der Waals surface area contributed by atoms with Crippen molar-refractivity contribution in [2.45, 2.75) is 13.8 Å². The van der Waals surface area contributed by atoms with Gasteiger partial charge in [0.2, 0.25) is 5.95 Å². The van der Waals surface area contributed by atoms with E-state index in [-0.39, 0.29) is 0 Å². The molecule has 0 amide bonds. The van der Waals surface area contributed by atoms with Crippen LogP contribution < -0.4 is 4.90 Å². The summed E-state index contributed by atoms with van der Waals surface area (Å²) in [6.45, 7) is 7.74. The van der Waals surface area contributed by atoms with Crippen molar-refractivity contribution in [2.75, 3.05) is 25.7 Å². The third kappa shape index (κ3) is 5.33. The van der Waals surface area contributed by atoms with Crippen LogP contribution in [-0.2, 0) is 7.05 Å². The summed E-state index contributed by atoms with van der Waals surface area (Å²) in [6, 6.07) is 12.2. The zero-order valence-electron chi connectivity index (χ0n) is 17.2. The molecule has 2 aromatic heterocycles. The lowest BCUT2D eigenvalue weighted by Crippen LogP contribution is -2.21. The highest BCUT2D eigenvalue weighted by atomic mass is 15.4. The average molecular weight is 377 g/mol. The first-order valence-electron chi connectivity index (χ1n) is 8.91. The number of rotatable bonds is 5. The van der Waals surface area contributed by atoms with Crippen molar-refractivity contribution in [3.05, 3.63) is 59.9 Å². The Kier molecular flexibility index (Phi) is 7.56. The van der Waals surface area contributed by atoms with E-state index in [2.05, 4.69) is 63.1 Å². The van der Waals surface area contributed by atoms with Gasteiger partial charge in [-0.05, 0) is 38.3 Å². The topological polar surface area (TPSA) is 71.6 Å². The maximum absolute atomic E-state index is 4.69. The number of aryl methyl sites for hydroxylation is 1. The summed E-state index contributed by atoms with van der Waals surface area (Å²) in [7, 11) is 5.56. The van der Waals surface area contributed by atoms with Gasteiger partial charge in [-0.2, -0.15) is 0 Å². The number of hydrogen-bond acceptors (Lipinski definition) is 6. The van der Waals surface area contributed by atoms with Gasteiger partial charge >= 0.3 is 0 Å². The summed E-state index contributed by atoms with van der Waals surface area (Å²) >= 11 is 0. The molecule has 0 N–H and O–H groups in total. The van der Waals surface area contributed by atoms with Gasteiger partial charge in [-0.15, -0.1) is 10.2 Å². The number of hydrogen-bond donors (Lipinski definition) is 0. The van der Waals surface area contributed by atoms with E-state index in [1.807, 2.05) is 42.6 Å². The highest BCUT2D eigenvalue weighted by Gasteiger charge is 2.13. The van der Waals surface area contributed by atoms with Gasteiger partial charge in [0.05, 0.1) is 0 Å². The van der Waals surface area contributed by atoms with E-state index in [0.717, 1.165) is 28.6 Å². The second kappa shape index (κ2) is 10.1. The summed E-state index contributed by atoms with van der Waals surface area (Å²) in [4.78, 5) is 14.0. The largest absolute Gasteiger partial charge is 0.324 e. The van der Waals surface area contributed by atoms with Crippen molar-refractivity contribution in [2.24, 2.45) is 17.0 Å². The monoisotopic (exact) mass is 377 g/mol. The minimum Gasteiger partial charge on any atom is -0.324 e. The van der Waals surface area contributed by atoms with Crippen molar-refractivity contribution in [1.82, 2.24) is 19.7 Å². The van der Waals surface area contributed by atoms with E-state index in [0.29, 0.717) is 6.67 Å². The molecule has 3 rings (SSSR count). The van der Waals surface area contributed by atoms with Gasteiger partial charge in [0, 0.05) is 44.8 Å². The highest BCUT2D eigenvalue weighted by Crippen LogP contribution is 2.19. The molecule has 0 aliphatic rings. The molecule has 0 aliphatic carbocycles. The zero-order chi connectivity index (χ0) is 20.5. The Morgan fingerprint density at radius 3 is 2.50 bits per heavy atom. The number of pyridine rings is 1. The van der Waals surface area contributed by atoms with Crippen LogP contribution in [0.1, 0.15) is 18.1 Å². The van der Waals surface area contributed by atoms with Crippen molar-refractivity contribution in [3.8, 4) is 11.4 Å².